The van der Waals surface area contributed by atoms with Crippen molar-refractivity contribution < 1.29 is 4.39 Å². The van der Waals surface area contributed by atoms with Crippen LogP contribution >= 0.6 is 11.6 Å². The van der Waals surface area contributed by atoms with Crippen molar-refractivity contribution in [3.05, 3.63) is 87.6 Å². The molecule has 2 aromatic carbocycles. The number of imidazole rings is 1. The van der Waals surface area contributed by atoms with Crippen LogP contribution < -0.4 is 10.9 Å². The standard InChI is InChI=1S/C23H18ClFN6O/c1-12-3-6-15(7-4-12)31-17(9-14-5-8-16(25)19(24)18(14)23(31)32)13(2)30-22-20-21(27-10-26-20)28-11-29-22/h3-11,13H,1-2H3,(H2,26,27,28,29,30). The third kappa shape index (κ3) is 3.29. The molecule has 2 N–H and O–H groups in total. The zero-order valence-corrected chi connectivity index (χ0v) is 18.0. The molecule has 0 radical (unpaired) electrons. The number of nitrogens with one attached hydrogen (secondary N) is 2. The van der Waals surface area contributed by atoms with Gasteiger partial charge in [-0.15, -0.1) is 0 Å². The van der Waals surface area contributed by atoms with Crippen molar-refractivity contribution in [2.24, 2.45) is 0 Å². The molecule has 0 saturated heterocycles. The highest BCUT2D eigenvalue weighted by Gasteiger charge is 2.20. The summed E-state index contributed by atoms with van der Waals surface area (Å²) in [6, 6.07) is 11.8. The van der Waals surface area contributed by atoms with Gasteiger partial charge in [-0.25, -0.2) is 19.3 Å². The Morgan fingerprint density at radius 3 is 2.69 bits per heavy atom. The second-order valence-electron chi connectivity index (χ2n) is 7.56. The number of aromatic nitrogens is 5. The summed E-state index contributed by atoms with van der Waals surface area (Å²) in [7, 11) is 0. The van der Waals surface area contributed by atoms with Crippen LogP contribution in [0.3, 0.4) is 0 Å². The van der Waals surface area contributed by atoms with Gasteiger partial charge in [0.25, 0.3) is 5.56 Å². The minimum Gasteiger partial charge on any atom is -0.360 e. The van der Waals surface area contributed by atoms with Gasteiger partial charge >= 0.3 is 0 Å². The fourth-order valence-corrected chi connectivity index (χ4v) is 4.04. The number of H-pyrrole nitrogens is 1. The van der Waals surface area contributed by atoms with Gasteiger partial charge < -0.3 is 10.3 Å². The molecule has 3 heterocycles. The first-order valence-corrected chi connectivity index (χ1v) is 10.3. The average Bonchev–Trinajstić information content (AvgIpc) is 3.27. The van der Waals surface area contributed by atoms with E-state index in [9.17, 15) is 9.18 Å². The van der Waals surface area contributed by atoms with E-state index in [2.05, 4.69) is 25.3 Å². The number of benzene rings is 2. The normalized spacial score (nSPS) is 12.4. The largest absolute Gasteiger partial charge is 0.360 e. The lowest BCUT2D eigenvalue weighted by molar-refractivity contribution is 0.629. The van der Waals surface area contributed by atoms with E-state index in [0.717, 1.165) is 5.56 Å². The molecule has 160 valence electrons. The smallest absolute Gasteiger partial charge is 0.264 e. The Bertz CT molecular complexity index is 1530. The molecule has 1 atom stereocenters. The number of nitrogens with zero attached hydrogens (tertiary/aromatic N) is 4. The van der Waals surface area contributed by atoms with Crippen molar-refractivity contribution >= 4 is 39.4 Å². The minimum atomic E-state index is -0.631. The summed E-state index contributed by atoms with van der Waals surface area (Å²) in [5.74, 6) is -0.0755. The lowest BCUT2D eigenvalue weighted by Gasteiger charge is -2.22. The van der Waals surface area contributed by atoms with E-state index in [-0.39, 0.29) is 16.5 Å². The molecule has 0 saturated carbocycles. The Labute approximate surface area is 186 Å². The Morgan fingerprint density at radius 2 is 1.91 bits per heavy atom. The average molecular weight is 449 g/mol. The summed E-state index contributed by atoms with van der Waals surface area (Å²) >= 11 is 6.20. The van der Waals surface area contributed by atoms with Crippen LogP contribution in [0.15, 0.2) is 59.9 Å². The maximum absolute atomic E-state index is 14.2. The van der Waals surface area contributed by atoms with Crippen molar-refractivity contribution in [3.63, 3.8) is 0 Å². The van der Waals surface area contributed by atoms with Crippen LogP contribution in [0.5, 0.6) is 0 Å². The van der Waals surface area contributed by atoms with Gasteiger partial charge in [-0.1, -0.05) is 35.4 Å². The van der Waals surface area contributed by atoms with Gasteiger partial charge in [0.2, 0.25) is 0 Å². The summed E-state index contributed by atoms with van der Waals surface area (Å²) < 4.78 is 15.7. The summed E-state index contributed by atoms with van der Waals surface area (Å²) in [4.78, 5) is 29.2. The molecule has 5 aromatic rings. The molecule has 0 aliphatic carbocycles. The SMILES string of the molecule is Cc1ccc(-n2c(C(C)Nc3ncnc4nc[nH]c34)cc3ccc(F)c(Cl)c3c2=O)cc1. The van der Waals surface area contributed by atoms with Crippen LogP contribution in [0.2, 0.25) is 5.02 Å². The van der Waals surface area contributed by atoms with Gasteiger partial charge in [-0.3, -0.25) is 9.36 Å². The van der Waals surface area contributed by atoms with Crippen molar-refractivity contribution in [2.75, 3.05) is 5.32 Å². The van der Waals surface area contributed by atoms with Crippen molar-refractivity contribution in [1.82, 2.24) is 24.5 Å². The number of aromatic amines is 1. The maximum Gasteiger partial charge on any atom is 0.264 e. The summed E-state index contributed by atoms with van der Waals surface area (Å²) in [5, 5.41) is 3.85. The highest BCUT2D eigenvalue weighted by Crippen LogP contribution is 2.29. The number of halogens is 2. The summed E-state index contributed by atoms with van der Waals surface area (Å²) in [5.41, 5.74) is 3.18. The first-order chi connectivity index (χ1) is 15.4. The van der Waals surface area contributed by atoms with Gasteiger partial charge in [-0.2, -0.15) is 0 Å². The van der Waals surface area contributed by atoms with E-state index < -0.39 is 11.4 Å². The van der Waals surface area contributed by atoms with Crippen LogP contribution in [0.25, 0.3) is 27.6 Å². The van der Waals surface area contributed by atoms with Crippen LogP contribution in [-0.4, -0.2) is 24.5 Å². The van der Waals surface area contributed by atoms with Crippen LogP contribution in [-0.2, 0) is 0 Å². The van der Waals surface area contributed by atoms with Gasteiger partial charge in [0.1, 0.15) is 17.7 Å². The number of anilines is 1. The first kappa shape index (κ1) is 20.1. The first-order valence-electron chi connectivity index (χ1n) is 9.95. The zero-order valence-electron chi connectivity index (χ0n) is 17.2. The van der Waals surface area contributed by atoms with Gasteiger partial charge in [0.05, 0.1) is 22.8 Å². The van der Waals surface area contributed by atoms with E-state index >= 15 is 0 Å². The number of pyridine rings is 1. The zero-order chi connectivity index (χ0) is 22.4. The quantitative estimate of drug-likeness (QED) is 0.407. The summed E-state index contributed by atoms with van der Waals surface area (Å²) in [6.07, 6.45) is 2.97. The molecule has 0 bridgehead atoms. The van der Waals surface area contributed by atoms with Gasteiger partial charge in [0, 0.05) is 11.4 Å². The fourth-order valence-electron chi connectivity index (χ4n) is 3.79. The topological polar surface area (TPSA) is 88.5 Å². The van der Waals surface area contributed by atoms with Crippen LogP contribution in [0.4, 0.5) is 10.2 Å². The third-order valence-electron chi connectivity index (χ3n) is 5.42. The second kappa shape index (κ2) is 7.72. The molecule has 0 aliphatic rings. The van der Waals surface area contributed by atoms with E-state index in [4.69, 9.17) is 11.6 Å². The number of hydrogen-bond acceptors (Lipinski definition) is 5. The molecule has 9 heteroatoms. The maximum atomic E-state index is 14.2. The molecule has 0 spiro atoms. The molecule has 5 rings (SSSR count). The molecule has 32 heavy (non-hydrogen) atoms. The van der Waals surface area contributed by atoms with Crippen molar-refractivity contribution in [3.8, 4) is 5.69 Å². The third-order valence-corrected chi connectivity index (χ3v) is 5.79. The van der Waals surface area contributed by atoms with Crippen LogP contribution in [0, 0.1) is 12.7 Å². The molecule has 7 nitrogen and oxygen atoms in total. The Hall–Kier alpha value is -3.78. The van der Waals surface area contributed by atoms with E-state index in [0.29, 0.717) is 33.7 Å². The highest BCUT2D eigenvalue weighted by atomic mass is 35.5. The lowest BCUT2D eigenvalue weighted by atomic mass is 10.1. The minimum absolute atomic E-state index is 0.140. The highest BCUT2D eigenvalue weighted by molar-refractivity contribution is 6.35. The molecular formula is C23H18ClFN6O. The Morgan fingerprint density at radius 1 is 1.12 bits per heavy atom. The van der Waals surface area contributed by atoms with Crippen molar-refractivity contribution in [2.45, 2.75) is 19.9 Å². The summed E-state index contributed by atoms with van der Waals surface area (Å²) in [6.45, 7) is 3.88. The lowest BCUT2D eigenvalue weighted by Crippen LogP contribution is -2.26. The van der Waals surface area contributed by atoms with Gasteiger partial charge in [0.15, 0.2) is 11.5 Å². The number of rotatable bonds is 4. The Kier molecular flexibility index (Phi) is 4.86. The van der Waals surface area contributed by atoms with Crippen molar-refractivity contribution in [1.29, 1.82) is 0 Å². The number of hydrogen-bond donors (Lipinski definition) is 2. The van der Waals surface area contributed by atoms with E-state index in [1.807, 2.05) is 44.2 Å². The van der Waals surface area contributed by atoms with Gasteiger partial charge in [-0.05, 0) is 43.5 Å². The molecule has 0 aliphatic heterocycles. The predicted molar refractivity (Wildman–Crippen MR) is 123 cm³/mol. The second-order valence-corrected chi connectivity index (χ2v) is 7.94. The van der Waals surface area contributed by atoms with E-state index in [1.54, 1.807) is 17.0 Å². The molecule has 0 amide bonds. The fraction of sp³-hybridized carbons (Fsp3) is 0.130. The molecular weight excluding hydrogens is 431 g/mol. The molecule has 3 aromatic heterocycles. The number of aryl methyl sites for hydroxylation is 1. The predicted octanol–water partition coefficient (Wildman–Crippen LogP) is 4.93. The van der Waals surface area contributed by atoms with Crippen LogP contribution in [0.1, 0.15) is 24.2 Å². The molecule has 0 fully saturated rings. The number of fused-ring (bicyclic) bond motifs is 2. The Balaban J connectivity index is 1.73. The van der Waals surface area contributed by atoms with E-state index in [1.165, 1.54) is 12.4 Å². The molecule has 1 unspecified atom stereocenters. The monoisotopic (exact) mass is 448 g/mol.